The maximum absolute atomic E-state index is 13.3. The van der Waals surface area contributed by atoms with Gasteiger partial charge in [-0.15, -0.1) is 12.4 Å². The molecule has 0 aliphatic carbocycles. The van der Waals surface area contributed by atoms with Crippen LogP contribution in [0, 0.1) is 5.82 Å². The average Bonchev–Trinajstić information content (AvgIpc) is 2.47. The molecule has 1 heterocycles. The van der Waals surface area contributed by atoms with Gasteiger partial charge in [0.25, 0.3) is 0 Å². The van der Waals surface area contributed by atoms with Crippen LogP contribution in [0.4, 0.5) is 4.39 Å². The Morgan fingerprint density at radius 2 is 2.24 bits per heavy atom. The molecule has 118 valence electrons. The summed E-state index contributed by atoms with van der Waals surface area (Å²) in [6.45, 7) is 1.37. The van der Waals surface area contributed by atoms with E-state index < -0.39 is 0 Å². The number of carbonyl (C=O) groups excluding carboxylic acids is 1. The predicted octanol–water partition coefficient (Wildman–Crippen LogP) is 2.87. The number of thioether (sulfide) groups is 1. The Bertz CT molecular complexity index is 467. The van der Waals surface area contributed by atoms with Gasteiger partial charge in [-0.25, -0.2) is 4.39 Å². The SMILES string of the molecule is CSCc1cc(F)ccc1CNC(=O)[C@@H]1CCCCN1.Cl. The first-order chi connectivity index (χ1) is 9.70. The highest BCUT2D eigenvalue weighted by molar-refractivity contribution is 7.97. The highest BCUT2D eigenvalue weighted by Gasteiger charge is 2.20. The summed E-state index contributed by atoms with van der Waals surface area (Å²) in [6, 6.07) is 4.68. The topological polar surface area (TPSA) is 41.1 Å². The third-order valence-corrected chi connectivity index (χ3v) is 4.15. The molecule has 6 heteroatoms. The summed E-state index contributed by atoms with van der Waals surface area (Å²) in [6.07, 6.45) is 5.12. The van der Waals surface area contributed by atoms with Crippen molar-refractivity contribution in [3.8, 4) is 0 Å². The van der Waals surface area contributed by atoms with E-state index in [0.717, 1.165) is 42.7 Å². The van der Waals surface area contributed by atoms with Gasteiger partial charge in [-0.1, -0.05) is 12.5 Å². The van der Waals surface area contributed by atoms with Crippen LogP contribution in [0.2, 0.25) is 0 Å². The number of benzene rings is 1. The summed E-state index contributed by atoms with van der Waals surface area (Å²) in [5, 5.41) is 6.18. The summed E-state index contributed by atoms with van der Waals surface area (Å²) in [4.78, 5) is 12.1. The van der Waals surface area contributed by atoms with E-state index in [2.05, 4.69) is 10.6 Å². The normalized spacial score (nSPS) is 17.9. The number of piperidine rings is 1. The number of amides is 1. The Labute approximate surface area is 135 Å². The van der Waals surface area contributed by atoms with E-state index in [4.69, 9.17) is 0 Å². The Morgan fingerprint density at radius 1 is 1.43 bits per heavy atom. The zero-order valence-electron chi connectivity index (χ0n) is 12.2. The van der Waals surface area contributed by atoms with Gasteiger partial charge in [0.05, 0.1) is 6.04 Å². The lowest BCUT2D eigenvalue weighted by Gasteiger charge is -2.22. The minimum Gasteiger partial charge on any atom is -0.351 e. The van der Waals surface area contributed by atoms with E-state index in [-0.39, 0.29) is 30.2 Å². The highest BCUT2D eigenvalue weighted by Crippen LogP contribution is 2.17. The lowest BCUT2D eigenvalue weighted by atomic mass is 10.0. The molecular formula is C15H22ClFN2OS. The molecule has 2 rings (SSSR count). The van der Waals surface area contributed by atoms with Crippen molar-refractivity contribution < 1.29 is 9.18 Å². The summed E-state index contributed by atoms with van der Waals surface area (Å²) < 4.78 is 13.3. The molecule has 1 atom stereocenters. The van der Waals surface area contributed by atoms with Crippen LogP contribution in [0.15, 0.2) is 18.2 Å². The molecule has 0 bridgehead atoms. The fourth-order valence-electron chi connectivity index (χ4n) is 2.44. The zero-order chi connectivity index (χ0) is 14.4. The third-order valence-electron chi connectivity index (χ3n) is 3.55. The number of carbonyl (C=O) groups is 1. The molecule has 1 fully saturated rings. The maximum Gasteiger partial charge on any atom is 0.237 e. The van der Waals surface area contributed by atoms with Gasteiger partial charge in [-0.05, 0) is 48.9 Å². The van der Waals surface area contributed by atoms with Gasteiger partial charge in [0, 0.05) is 12.3 Å². The lowest BCUT2D eigenvalue weighted by Crippen LogP contribution is -2.46. The van der Waals surface area contributed by atoms with E-state index in [1.807, 2.05) is 6.26 Å². The maximum atomic E-state index is 13.3. The summed E-state index contributed by atoms with van der Waals surface area (Å²) >= 11 is 1.65. The van der Waals surface area contributed by atoms with E-state index in [0.29, 0.717) is 6.54 Å². The molecule has 1 amide bonds. The minimum atomic E-state index is -0.224. The Balaban J connectivity index is 0.00000220. The van der Waals surface area contributed by atoms with Crippen molar-refractivity contribution in [2.24, 2.45) is 0 Å². The van der Waals surface area contributed by atoms with Gasteiger partial charge in [0.2, 0.25) is 5.91 Å². The van der Waals surface area contributed by atoms with Crippen LogP contribution in [0.25, 0.3) is 0 Å². The Morgan fingerprint density at radius 3 is 2.90 bits per heavy atom. The van der Waals surface area contributed by atoms with Gasteiger partial charge in [0.1, 0.15) is 5.82 Å². The van der Waals surface area contributed by atoms with Crippen molar-refractivity contribution in [1.29, 1.82) is 0 Å². The van der Waals surface area contributed by atoms with E-state index in [1.165, 1.54) is 6.07 Å². The van der Waals surface area contributed by atoms with Crippen molar-refractivity contribution in [2.75, 3.05) is 12.8 Å². The molecule has 21 heavy (non-hydrogen) atoms. The molecular weight excluding hydrogens is 311 g/mol. The highest BCUT2D eigenvalue weighted by atomic mass is 35.5. The second-order valence-electron chi connectivity index (χ2n) is 5.07. The molecule has 1 aliphatic rings. The number of rotatable bonds is 5. The first-order valence-electron chi connectivity index (χ1n) is 6.98. The van der Waals surface area contributed by atoms with E-state index in [1.54, 1.807) is 23.9 Å². The molecule has 0 saturated carbocycles. The van der Waals surface area contributed by atoms with E-state index >= 15 is 0 Å². The fraction of sp³-hybridized carbons (Fsp3) is 0.533. The Kier molecular flexibility index (Phi) is 8.07. The molecule has 0 unspecified atom stereocenters. The molecule has 0 spiro atoms. The van der Waals surface area contributed by atoms with Gasteiger partial charge in [-0.3, -0.25) is 4.79 Å². The molecule has 1 saturated heterocycles. The Hall–Kier alpha value is -0.780. The second kappa shape index (κ2) is 9.28. The number of hydrogen-bond donors (Lipinski definition) is 2. The summed E-state index contributed by atoms with van der Waals surface area (Å²) in [5.74, 6) is 0.576. The van der Waals surface area contributed by atoms with Crippen molar-refractivity contribution in [1.82, 2.24) is 10.6 Å². The van der Waals surface area contributed by atoms with Gasteiger partial charge >= 0.3 is 0 Å². The van der Waals surface area contributed by atoms with Gasteiger partial charge < -0.3 is 10.6 Å². The average molecular weight is 333 g/mol. The van der Waals surface area contributed by atoms with Crippen LogP contribution in [0.1, 0.15) is 30.4 Å². The molecule has 0 radical (unpaired) electrons. The van der Waals surface area contributed by atoms with Crippen molar-refractivity contribution in [3.63, 3.8) is 0 Å². The van der Waals surface area contributed by atoms with Crippen LogP contribution < -0.4 is 10.6 Å². The third kappa shape index (κ3) is 5.49. The lowest BCUT2D eigenvalue weighted by molar-refractivity contribution is -0.123. The summed E-state index contributed by atoms with van der Waals surface area (Å²) in [7, 11) is 0. The molecule has 1 aromatic carbocycles. The number of halogens is 2. The number of hydrogen-bond acceptors (Lipinski definition) is 3. The quantitative estimate of drug-likeness (QED) is 0.871. The van der Waals surface area contributed by atoms with Crippen LogP contribution in [-0.2, 0) is 17.1 Å². The van der Waals surface area contributed by atoms with Gasteiger partial charge in [-0.2, -0.15) is 11.8 Å². The molecule has 0 aromatic heterocycles. The predicted molar refractivity (Wildman–Crippen MR) is 88.4 cm³/mol. The standard InChI is InChI=1S/C15H21FN2OS.ClH/c1-20-10-12-8-13(16)6-5-11(12)9-18-15(19)14-4-2-3-7-17-14;/h5-6,8,14,17H,2-4,7,9-10H2,1H3,(H,18,19);1H/t14-;/m0./s1. The van der Waals surface area contributed by atoms with Gasteiger partial charge in [0.15, 0.2) is 0 Å². The van der Waals surface area contributed by atoms with Crippen molar-refractivity contribution in [3.05, 3.63) is 35.1 Å². The van der Waals surface area contributed by atoms with E-state index in [9.17, 15) is 9.18 Å². The monoisotopic (exact) mass is 332 g/mol. The first-order valence-corrected chi connectivity index (χ1v) is 8.37. The van der Waals surface area contributed by atoms with Crippen LogP contribution >= 0.6 is 24.2 Å². The smallest absolute Gasteiger partial charge is 0.237 e. The largest absolute Gasteiger partial charge is 0.351 e. The molecule has 1 aliphatic heterocycles. The summed E-state index contributed by atoms with van der Waals surface area (Å²) in [5.41, 5.74) is 1.94. The second-order valence-corrected chi connectivity index (χ2v) is 5.93. The number of nitrogens with one attached hydrogen (secondary N) is 2. The minimum absolute atomic E-state index is 0. The zero-order valence-corrected chi connectivity index (χ0v) is 13.8. The van der Waals surface area contributed by atoms with Crippen LogP contribution in [-0.4, -0.2) is 24.7 Å². The van der Waals surface area contributed by atoms with Crippen LogP contribution in [0.5, 0.6) is 0 Å². The fourth-order valence-corrected chi connectivity index (χ4v) is 3.02. The van der Waals surface area contributed by atoms with Crippen LogP contribution in [0.3, 0.4) is 0 Å². The molecule has 1 aromatic rings. The van der Waals surface area contributed by atoms with Crippen molar-refractivity contribution in [2.45, 2.75) is 37.6 Å². The first kappa shape index (κ1) is 18.3. The van der Waals surface area contributed by atoms with Crippen molar-refractivity contribution >= 4 is 30.1 Å². The molecule has 3 nitrogen and oxygen atoms in total. The molecule has 2 N–H and O–H groups in total.